The van der Waals surface area contributed by atoms with Crippen LogP contribution in [0.5, 0.6) is 0 Å². The number of likely N-dealkylation sites (tertiary alicyclic amines) is 1. The van der Waals surface area contributed by atoms with E-state index in [1.54, 1.807) is 0 Å². The van der Waals surface area contributed by atoms with Crippen LogP contribution in [-0.4, -0.2) is 34.1 Å². The van der Waals surface area contributed by atoms with Gasteiger partial charge in [0.25, 0.3) is 0 Å². The quantitative estimate of drug-likeness (QED) is 0.940. The normalized spacial score (nSPS) is 17.7. The van der Waals surface area contributed by atoms with E-state index in [-0.39, 0.29) is 0 Å². The third-order valence-corrected chi connectivity index (χ3v) is 4.81. The highest BCUT2D eigenvalue weighted by Gasteiger charge is 2.24. The fourth-order valence-electron chi connectivity index (χ4n) is 3.37. The van der Waals surface area contributed by atoms with Crippen LogP contribution in [0, 0.1) is 13.8 Å². The molecule has 1 aromatic heterocycles. The van der Waals surface area contributed by atoms with Gasteiger partial charge in [-0.25, -0.2) is 4.98 Å². The topological polar surface area (TPSA) is 47.1 Å². The fourth-order valence-corrected chi connectivity index (χ4v) is 3.37. The number of nitrogens with zero attached hydrogens (tertiary/aromatic N) is 3. The maximum absolute atomic E-state index is 5.84. The second-order valence-electron chi connectivity index (χ2n) is 6.25. The Balaban J connectivity index is 2.09. The molecular weight excluding hydrogens is 260 g/mol. The highest BCUT2D eigenvalue weighted by molar-refractivity contribution is 5.78. The van der Waals surface area contributed by atoms with E-state index >= 15 is 0 Å². The van der Waals surface area contributed by atoms with Gasteiger partial charge in [0.05, 0.1) is 17.1 Å². The van der Waals surface area contributed by atoms with Gasteiger partial charge in [0.15, 0.2) is 0 Å². The Morgan fingerprint density at radius 1 is 1.19 bits per heavy atom. The van der Waals surface area contributed by atoms with Crippen molar-refractivity contribution in [3.63, 3.8) is 0 Å². The summed E-state index contributed by atoms with van der Waals surface area (Å²) in [7, 11) is 0. The summed E-state index contributed by atoms with van der Waals surface area (Å²) in [5, 5.41) is 0. The van der Waals surface area contributed by atoms with Gasteiger partial charge < -0.3 is 10.3 Å². The maximum atomic E-state index is 5.84. The average molecular weight is 286 g/mol. The minimum absolute atomic E-state index is 0.368. The molecule has 0 amide bonds. The number of nitrogens with two attached hydrogens (primary N) is 1. The van der Waals surface area contributed by atoms with E-state index in [0.29, 0.717) is 12.6 Å². The van der Waals surface area contributed by atoms with Crippen molar-refractivity contribution in [1.29, 1.82) is 0 Å². The predicted octanol–water partition coefficient (Wildman–Crippen LogP) is 2.77. The van der Waals surface area contributed by atoms with E-state index in [0.717, 1.165) is 12.1 Å². The highest BCUT2D eigenvalue weighted by atomic mass is 15.2. The van der Waals surface area contributed by atoms with E-state index in [4.69, 9.17) is 10.7 Å². The summed E-state index contributed by atoms with van der Waals surface area (Å²) in [5.74, 6) is 1.17. The molecule has 0 saturated carbocycles. The number of rotatable bonds is 4. The number of fused-ring (bicyclic) bond motifs is 1. The number of hydrogen-bond donors (Lipinski definition) is 1. The van der Waals surface area contributed by atoms with Crippen molar-refractivity contribution >= 4 is 11.0 Å². The minimum Gasteiger partial charge on any atom is -0.329 e. The van der Waals surface area contributed by atoms with Gasteiger partial charge in [0.1, 0.15) is 5.82 Å². The van der Waals surface area contributed by atoms with Gasteiger partial charge in [0.2, 0.25) is 0 Å². The Labute approximate surface area is 126 Å². The standard InChI is InChI=1S/C17H26N4/c1-12-10-15-16(11-13(12)2)21(9-6-18)17(19-15)14(3)20-7-4-5-8-20/h10-11,14H,4-9,18H2,1-3H3. The predicted molar refractivity (Wildman–Crippen MR) is 87.5 cm³/mol. The third kappa shape index (κ3) is 2.58. The lowest BCUT2D eigenvalue weighted by Gasteiger charge is -2.24. The molecule has 2 heterocycles. The molecule has 1 aromatic carbocycles. The lowest BCUT2D eigenvalue weighted by atomic mass is 10.1. The summed E-state index contributed by atoms with van der Waals surface area (Å²) >= 11 is 0. The molecule has 1 unspecified atom stereocenters. The van der Waals surface area contributed by atoms with Crippen molar-refractivity contribution in [1.82, 2.24) is 14.5 Å². The Kier molecular flexibility index (Phi) is 4.00. The summed E-state index contributed by atoms with van der Waals surface area (Å²) in [6, 6.07) is 4.83. The maximum Gasteiger partial charge on any atom is 0.127 e. The molecule has 0 radical (unpaired) electrons. The van der Waals surface area contributed by atoms with Crippen molar-refractivity contribution in [2.24, 2.45) is 5.73 Å². The molecule has 1 aliphatic heterocycles. The Morgan fingerprint density at radius 3 is 2.52 bits per heavy atom. The van der Waals surface area contributed by atoms with E-state index in [2.05, 4.69) is 42.4 Å². The first kappa shape index (κ1) is 14.5. The van der Waals surface area contributed by atoms with Crippen LogP contribution in [0.3, 0.4) is 0 Å². The van der Waals surface area contributed by atoms with Crippen LogP contribution in [0.2, 0.25) is 0 Å². The molecule has 2 N–H and O–H groups in total. The zero-order valence-electron chi connectivity index (χ0n) is 13.4. The summed E-state index contributed by atoms with van der Waals surface area (Å²) < 4.78 is 2.32. The van der Waals surface area contributed by atoms with Crippen molar-refractivity contribution in [2.75, 3.05) is 19.6 Å². The lowest BCUT2D eigenvalue weighted by Crippen LogP contribution is -2.26. The Hall–Kier alpha value is -1.39. The van der Waals surface area contributed by atoms with Gasteiger partial charge in [-0.2, -0.15) is 0 Å². The van der Waals surface area contributed by atoms with Gasteiger partial charge in [-0.1, -0.05) is 0 Å². The Bertz CT molecular complexity index is 638. The number of hydrogen-bond acceptors (Lipinski definition) is 3. The second kappa shape index (κ2) is 5.78. The van der Waals surface area contributed by atoms with Crippen LogP contribution in [-0.2, 0) is 6.54 Å². The first-order valence-electron chi connectivity index (χ1n) is 8.03. The number of imidazole rings is 1. The molecule has 0 aliphatic carbocycles. The van der Waals surface area contributed by atoms with Crippen molar-refractivity contribution in [3.05, 3.63) is 29.1 Å². The van der Waals surface area contributed by atoms with E-state index < -0.39 is 0 Å². The minimum atomic E-state index is 0.368. The second-order valence-corrected chi connectivity index (χ2v) is 6.25. The summed E-state index contributed by atoms with van der Waals surface area (Å²) in [4.78, 5) is 7.48. The molecule has 1 atom stereocenters. The molecule has 1 saturated heterocycles. The van der Waals surface area contributed by atoms with Gasteiger partial charge >= 0.3 is 0 Å². The van der Waals surface area contributed by atoms with Crippen LogP contribution >= 0.6 is 0 Å². The zero-order chi connectivity index (χ0) is 15.0. The lowest BCUT2D eigenvalue weighted by molar-refractivity contribution is 0.248. The third-order valence-electron chi connectivity index (χ3n) is 4.81. The molecule has 0 bridgehead atoms. The number of aromatic nitrogens is 2. The van der Waals surface area contributed by atoms with Crippen molar-refractivity contribution in [2.45, 2.75) is 46.2 Å². The molecule has 4 heteroatoms. The SMILES string of the molecule is Cc1cc2nc(C(C)N3CCCC3)n(CCN)c2cc1C. The van der Waals surface area contributed by atoms with E-state index in [9.17, 15) is 0 Å². The largest absolute Gasteiger partial charge is 0.329 e. The molecule has 3 rings (SSSR count). The van der Waals surface area contributed by atoms with Gasteiger partial charge in [-0.3, -0.25) is 4.90 Å². The highest BCUT2D eigenvalue weighted by Crippen LogP contribution is 2.28. The summed E-state index contributed by atoms with van der Waals surface area (Å²) in [6.07, 6.45) is 2.61. The molecule has 4 nitrogen and oxygen atoms in total. The van der Waals surface area contributed by atoms with Gasteiger partial charge in [0, 0.05) is 13.1 Å². The molecular formula is C17H26N4. The molecule has 21 heavy (non-hydrogen) atoms. The van der Waals surface area contributed by atoms with E-state index in [1.807, 2.05) is 0 Å². The van der Waals surface area contributed by atoms with Crippen LogP contribution in [0.1, 0.15) is 42.8 Å². The first-order chi connectivity index (χ1) is 10.1. The zero-order valence-corrected chi connectivity index (χ0v) is 13.4. The van der Waals surface area contributed by atoms with Crippen molar-refractivity contribution in [3.8, 4) is 0 Å². The molecule has 1 fully saturated rings. The smallest absolute Gasteiger partial charge is 0.127 e. The molecule has 0 spiro atoms. The number of aryl methyl sites for hydroxylation is 2. The number of benzene rings is 1. The van der Waals surface area contributed by atoms with Crippen LogP contribution in [0.25, 0.3) is 11.0 Å². The van der Waals surface area contributed by atoms with Crippen LogP contribution in [0.15, 0.2) is 12.1 Å². The molecule has 1 aliphatic rings. The molecule has 2 aromatic rings. The van der Waals surface area contributed by atoms with Gasteiger partial charge in [-0.05, 0) is 70.0 Å². The average Bonchev–Trinajstić information content (AvgIpc) is 3.09. The van der Waals surface area contributed by atoms with Crippen LogP contribution in [0.4, 0.5) is 0 Å². The molecule has 114 valence electrons. The summed E-state index contributed by atoms with van der Waals surface area (Å²) in [5.41, 5.74) is 10.8. The van der Waals surface area contributed by atoms with E-state index in [1.165, 1.54) is 48.4 Å². The van der Waals surface area contributed by atoms with Crippen molar-refractivity contribution < 1.29 is 0 Å². The van der Waals surface area contributed by atoms with Crippen LogP contribution < -0.4 is 5.73 Å². The summed E-state index contributed by atoms with van der Waals surface area (Å²) in [6.45, 7) is 10.5. The Morgan fingerprint density at radius 2 is 1.86 bits per heavy atom. The monoisotopic (exact) mass is 286 g/mol. The van der Waals surface area contributed by atoms with Gasteiger partial charge in [-0.15, -0.1) is 0 Å². The fraction of sp³-hybridized carbons (Fsp3) is 0.588. The first-order valence-corrected chi connectivity index (χ1v) is 8.03.